The van der Waals surface area contributed by atoms with Crippen molar-refractivity contribution in [1.29, 1.82) is 0 Å². The largest absolute Gasteiger partial charge is 0.215 e. The van der Waals surface area contributed by atoms with Crippen LogP contribution in [0.2, 0.25) is 0 Å². The molecule has 0 aliphatic carbocycles. The van der Waals surface area contributed by atoms with Crippen LogP contribution in [0.15, 0.2) is 24.0 Å². The molecular weight excluding hydrogens is 102 g/mol. The Labute approximate surface area is 40.9 Å². The average Bonchev–Trinajstić information content (AvgIpc) is 1.35. The fraction of sp³-hybridized carbons (Fsp3) is 0. The summed E-state index contributed by atoms with van der Waals surface area (Å²) in [4.78, 5) is 0. The molecule has 0 radical (unpaired) electrons. The number of allylic oxidation sites excluding steroid dienone is 2. The summed E-state index contributed by atoms with van der Waals surface area (Å²) in [5, 5.41) is 0.206. The zero-order chi connectivity index (χ0) is 4.99. The van der Waals surface area contributed by atoms with E-state index in [1.807, 2.05) is 0 Å². The molecule has 0 N–H and O–H groups in total. The molecule has 34 valence electrons. The second-order valence-electron chi connectivity index (χ2n) is 0.740. The van der Waals surface area contributed by atoms with Crippen LogP contribution in [0.5, 0.6) is 0 Å². The van der Waals surface area contributed by atoms with E-state index in [1.54, 1.807) is 0 Å². The number of halogens is 2. The molecule has 0 atom stereocenters. The fourth-order valence-corrected chi connectivity index (χ4v) is 0.116. The van der Waals surface area contributed by atoms with Crippen molar-refractivity contribution in [3.8, 4) is 0 Å². The van der Waals surface area contributed by atoms with Crippen LogP contribution in [-0.2, 0) is 0 Å². The van der Waals surface area contributed by atoms with Gasteiger partial charge in [-0.25, -0.2) is 4.39 Å². The fourth-order valence-electron chi connectivity index (χ4n) is 0.0684. The van der Waals surface area contributed by atoms with Crippen molar-refractivity contribution in [3.05, 3.63) is 24.0 Å². The van der Waals surface area contributed by atoms with Crippen LogP contribution in [0.3, 0.4) is 0 Å². The lowest BCUT2D eigenvalue weighted by molar-refractivity contribution is 0.721. The molecule has 0 aromatic rings. The van der Waals surface area contributed by atoms with Gasteiger partial charge in [-0.15, -0.1) is 0 Å². The summed E-state index contributed by atoms with van der Waals surface area (Å²) >= 11 is 5.06. The molecule has 0 heterocycles. The SMILES string of the molecule is C=C(Cl)C=CF. The van der Waals surface area contributed by atoms with Crippen molar-refractivity contribution in [1.82, 2.24) is 0 Å². The van der Waals surface area contributed by atoms with Gasteiger partial charge in [-0.2, -0.15) is 0 Å². The standard InChI is InChI=1S/C4H4ClF/c1-4(5)2-3-6/h2-3H,1H2. The molecule has 6 heavy (non-hydrogen) atoms. The van der Waals surface area contributed by atoms with Crippen LogP contribution in [0.1, 0.15) is 0 Å². The van der Waals surface area contributed by atoms with E-state index in [1.165, 1.54) is 0 Å². The maximum Gasteiger partial charge on any atom is 0.0881 e. The predicted molar refractivity (Wildman–Crippen MR) is 25.2 cm³/mol. The van der Waals surface area contributed by atoms with Crippen molar-refractivity contribution < 1.29 is 4.39 Å². The van der Waals surface area contributed by atoms with Crippen molar-refractivity contribution in [3.63, 3.8) is 0 Å². The minimum absolute atomic E-state index is 0.206. The van der Waals surface area contributed by atoms with Gasteiger partial charge < -0.3 is 0 Å². The summed E-state index contributed by atoms with van der Waals surface area (Å²) < 4.78 is 10.9. The van der Waals surface area contributed by atoms with Crippen LogP contribution >= 0.6 is 11.6 Å². The normalized spacial score (nSPS) is 9.67. The molecule has 0 aromatic heterocycles. The first kappa shape index (κ1) is 5.70. The molecule has 0 aromatic carbocycles. The summed E-state index contributed by atoms with van der Waals surface area (Å²) in [5.41, 5.74) is 0. The maximum absolute atomic E-state index is 10.9. The van der Waals surface area contributed by atoms with E-state index in [0.29, 0.717) is 6.33 Å². The minimum atomic E-state index is 0.206. The van der Waals surface area contributed by atoms with Crippen molar-refractivity contribution in [2.24, 2.45) is 0 Å². The molecule has 0 fully saturated rings. The van der Waals surface area contributed by atoms with E-state index in [-0.39, 0.29) is 5.03 Å². The summed E-state index contributed by atoms with van der Waals surface area (Å²) in [6, 6.07) is 0. The molecule has 0 saturated heterocycles. The highest BCUT2D eigenvalue weighted by Crippen LogP contribution is 1.96. The Hall–Kier alpha value is -0.300. The first-order valence-electron chi connectivity index (χ1n) is 1.38. The number of hydrogen-bond acceptors (Lipinski definition) is 0. The van der Waals surface area contributed by atoms with Gasteiger partial charge in [-0.3, -0.25) is 0 Å². The quantitative estimate of drug-likeness (QED) is 0.450. The van der Waals surface area contributed by atoms with Crippen molar-refractivity contribution in [2.75, 3.05) is 0 Å². The summed E-state index contributed by atoms with van der Waals surface area (Å²) in [5.74, 6) is 0. The van der Waals surface area contributed by atoms with E-state index in [4.69, 9.17) is 11.6 Å². The topological polar surface area (TPSA) is 0 Å². The highest BCUT2D eigenvalue weighted by atomic mass is 35.5. The number of rotatable bonds is 1. The lowest BCUT2D eigenvalue weighted by atomic mass is 10.6. The van der Waals surface area contributed by atoms with Crippen molar-refractivity contribution in [2.45, 2.75) is 0 Å². The Morgan fingerprint density at radius 2 is 2.33 bits per heavy atom. The smallest absolute Gasteiger partial charge is 0.0881 e. The summed E-state index contributed by atoms with van der Waals surface area (Å²) in [6.45, 7) is 3.18. The molecule has 0 saturated carbocycles. The Kier molecular flexibility index (Phi) is 2.77. The third kappa shape index (κ3) is 3.70. The third-order valence-corrected chi connectivity index (χ3v) is 0.370. The molecular formula is C4H4ClF. The third-order valence-electron chi connectivity index (χ3n) is 0.244. The van der Waals surface area contributed by atoms with Crippen LogP contribution in [-0.4, -0.2) is 0 Å². The second kappa shape index (κ2) is 2.91. The van der Waals surface area contributed by atoms with Gasteiger partial charge in [-0.05, 0) is 6.08 Å². The lowest BCUT2D eigenvalue weighted by Crippen LogP contribution is -1.47. The minimum Gasteiger partial charge on any atom is -0.215 e. The molecule has 0 aliphatic heterocycles. The molecule has 0 spiro atoms. The van der Waals surface area contributed by atoms with Crippen molar-refractivity contribution >= 4 is 11.6 Å². The zero-order valence-electron chi connectivity index (χ0n) is 3.12. The second-order valence-corrected chi connectivity index (χ2v) is 1.22. The Morgan fingerprint density at radius 3 is 2.33 bits per heavy atom. The van der Waals surface area contributed by atoms with E-state index in [9.17, 15) is 4.39 Å². The first-order chi connectivity index (χ1) is 2.77. The van der Waals surface area contributed by atoms with Gasteiger partial charge in [0.2, 0.25) is 0 Å². The highest BCUT2D eigenvalue weighted by molar-refractivity contribution is 6.30. The van der Waals surface area contributed by atoms with Crippen LogP contribution in [0.25, 0.3) is 0 Å². The number of hydrogen-bond donors (Lipinski definition) is 0. The lowest BCUT2D eigenvalue weighted by Gasteiger charge is -1.70. The van der Waals surface area contributed by atoms with Gasteiger partial charge in [0, 0.05) is 5.03 Å². The van der Waals surface area contributed by atoms with Crippen LogP contribution < -0.4 is 0 Å². The van der Waals surface area contributed by atoms with Gasteiger partial charge in [0.05, 0.1) is 6.33 Å². The Bertz CT molecular complexity index is 75.6. The van der Waals surface area contributed by atoms with Crippen LogP contribution in [0.4, 0.5) is 4.39 Å². The highest BCUT2D eigenvalue weighted by Gasteiger charge is 1.69. The van der Waals surface area contributed by atoms with Gasteiger partial charge in [0.1, 0.15) is 0 Å². The molecule has 0 amide bonds. The summed E-state index contributed by atoms with van der Waals surface area (Å²) in [6.07, 6.45) is 1.41. The van der Waals surface area contributed by atoms with E-state index >= 15 is 0 Å². The Morgan fingerprint density at radius 1 is 1.83 bits per heavy atom. The van der Waals surface area contributed by atoms with Gasteiger partial charge in [-0.1, -0.05) is 18.2 Å². The molecule has 0 aliphatic rings. The van der Waals surface area contributed by atoms with E-state index in [2.05, 4.69) is 6.58 Å². The molecule has 0 bridgehead atoms. The maximum atomic E-state index is 10.9. The monoisotopic (exact) mass is 106 g/mol. The zero-order valence-corrected chi connectivity index (χ0v) is 3.87. The molecule has 0 nitrogen and oxygen atoms in total. The average molecular weight is 107 g/mol. The molecule has 0 unspecified atom stereocenters. The van der Waals surface area contributed by atoms with E-state index < -0.39 is 0 Å². The van der Waals surface area contributed by atoms with Crippen LogP contribution in [0, 0.1) is 0 Å². The van der Waals surface area contributed by atoms with Gasteiger partial charge in [0.15, 0.2) is 0 Å². The van der Waals surface area contributed by atoms with Gasteiger partial charge in [0.25, 0.3) is 0 Å². The molecule has 2 heteroatoms. The van der Waals surface area contributed by atoms with Gasteiger partial charge >= 0.3 is 0 Å². The summed E-state index contributed by atoms with van der Waals surface area (Å²) in [7, 11) is 0. The predicted octanol–water partition coefficient (Wildman–Crippen LogP) is 2.22. The molecule has 0 rings (SSSR count). The first-order valence-corrected chi connectivity index (χ1v) is 1.76. The van der Waals surface area contributed by atoms with E-state index in [0.717, 1.165) is 6.08 Å². The Balaban J connectivity index is 3.30.